The van der Waals surface area contributed by atoms with Crippen molar-refractivity contribution in [2.24, 2.45) is 5.10 Å². The lowest BCUT2D eigenvalue weighted by molar-refractivity contribution is -0.111. The van der Waals surface area contributed by atoms with Gasteiger partial charge in [-0.1, -0.05) is 6.92 Å². The molecule has 2 heterocycles. The summed E-state index contributed by atoms with van der Waals surface area (Å²) in [6.45, 7) is 9.81. The van der Waals surface area contributed by atoms with Crippen molar-refractivity contribution in [3.05, 3.63) is 40.2 Å². The van der Waals surface area contributed by atoms with Gasteiger partial charge in [-0.15, -0.1) is 0 Å². The average Bonchev–Trinajstić information content (AvgIpc) is 2.61. The Labute approximate surface area is 152 Å². The molecule has 0 spiro atoms. The lowest BCUT2D eigenvalue weighted by Gasteiger charge is -2.35. The second kappa shape index (κ2) is 7.70. The van der Waals surface area contributed by atoms with Crippen molar-refractivity contribution in [3.8, 4) is 0 Å². The maximum Gasteiger partial charge on any atom is 0.196 e. The average molecular weight is 356 g/mol. The third-order valence-corrected chi connectivity index (χ3v) is 4.58. The summed E-state index contributed by atoms with van der Waals surface area (Å²) in [6.07, 6.45) is 0. The zero-order valence-corrected chi connectivity index (χ0v) is 15.4. The van der Waals surface area contributed by atoms with Gasteiger partial charge in [-0.3, -0.25) is 15.0 Å². The minimum Gasteiger partial charge on any atom is -0.461 e. The zero-order chi connectivity index (χ0) is 18.7. The molecular weight excluding hydrogens is 332 g/mol. The molecule has 138 valence electrons. The van der Waals surface area contributed by atoms with Gasteiger partial charge in [0.15, 0.2) is 17.0 Å². The number of ketones is 1. The highest BCUT2D eigenvalue weighted by Crippen LogP contribution is 2.18. The minimum atomic E-state index is -0.0781. The van der Waals surface area contributed by atoms with Gasteiger partial charge in [0.05, 0.1) is 11.1 Å². The highest BCUT2D eigenvalue weighted by molar-refractivity contribution is 6.37. The smallest absolute Gasteiger partial charge is 0.196 e. The molecule has 1 saturated heterocycles. The number of likely N-dealkylation sites (N-methyl/N-ethyl adjacent to an activating group) is 1. The van der Waals surface area contributed by atoms with Crippen LogP contribution in [-0.4, -0.2) is 54.1 Å². The molecule has 7 heteroatoms. The van der Waals surface area contributed by atoms with Crippen LogP contribution in [0.4, 0.5) is 5.69 Å². The Hall–Kier alpha value is -2.67. The number of carbonyl (C=O) groups is 1. The van der Waals surface area contributed by atoms with Gasteiger partial charge in [-0.2, -0.15) is 5.10 Å². The van der Waals surface area contributed by atoms with Crippen molar-refractivity contribution in [2.75, 3.05) is 38.1 Å². The van der Waals surface area contributed by atoms with Crippen LogP contribution in [-0.2, 0) is 4.79 Å². The number of rotatable bonds is 4. The molecule has 0 radical (unpaired) electrons. The van der Waals surface area contributed by atoms with Crippen molar-refractivity contribution < 1.29 is 9.21 Å². The standard InChI is InChI=1S/C19H24N4O3/c1-4-22-7-9-23(10-8-22)19(14(3)24)21-20-15-5-6-16-17(25)11-13(2)26-18(16)12-15/h5-6,11-12,20H,4,7-10H2,1-3H3/b21-19-. The highest BCUT2D eigenvalue weighted by atomic mass is 16.3. The number of hydrazone groups is 1. The molecule has 0 atom stereocenters. The fraction of sp³-hybridized carbons (Fsp3) is 0.421. The largest absolute Gasteiger partial charge is 0.461 e. The number of carbonyl (C=O) groups excluding carboxylic acids is 1. The summed E-state index contributed by atoms with van der Waals surface area (Å²) in [7, 11) is 0. The number of Topliss-reactive ketones (excluding diaryl/α,β-unsaturated/α-hetero) is 1. The molecule has 2 aromatic rings. The Bertz CT molecular complexity index is 895. The Morgan fingerprint density at radius 1 is 1.23 bits per heavy atom. The van der Waals surface area contributed by atoms with Crippen LogP contribution >= 0.6 is 0 Å². The molecule has 0 bridgehead atoms. The molecule has 3 rings (SSSR count). The number of amidine groups is 1. The van der Waals surface area contributed by atoms with Gasteiger partial charge < -0.3 is 14.2 Å². The third kappa shape index (κ3) is 3.94. The summed E-state index contributed by atoms with van der Waals surface area (Å²) < 4.78 is 5.61. The lowest BCUT2D eigenvalue weighted by Crippen LogP contribution is -2.50. The summed E-state index contributed by atoms with van der Waals surface area (Å²) >= 11 is 0. The number of piperazine rings is 1. The Morgan fingerprint density at radius 2 is 1.96 bits per heavy atom. The maximum atomic E-state index is 12.0. The summed E-state index contributed by atoms with van der Waals surface area (Å²) in [5.41, 5.74) is 4.02. The first-order valence-electron chi connectivity index (χ1n) is 8.84. The van der Waals surface area contributed by atoms with Crippen LogP contribution < -0.4 is 10.9 Å². The van der Waals surface area contributed by atoms with E-state index in [2.05, 4.69) is 22.4 Å². The summed E-state index contributed by atoms with van der Waals surface area (Å²) in [5.74, 6) is 0.901. The van der Waals surface area contributed by atoms with Crippen LogP contribution in [0.5, 0.6) is 0 Å². The minimum absolute atomic E-state index is 0.0722. The third-order valence-electron chi connectivity index (χ3n) is 4.58. The Morgan fingerprint density at radius 3 is 2.62 bits per heavy atom. The van der Waals surface area contributed by atoms with E-state index in [4.69, 9.17) is 4.42 Å². The van der Waals surface area contributed by atoms with Gasteiger partial charge in [0.1, 0.15) is 11.3 Å². The molecule has 0 amide bonds. The SMILES string of the molecule is CCN1CCN(/C(=N\Nc2ccc3c(=O)cc(C)oc3c2)C(C)=O)CC1. The first kappa shape index (κ1) is 18.1. The molecule has 1 N–H and O–H groups in total. The van der Waals surface area contributed by atoms with Crippen molar-refractivity contribution in [2.45, 2.75) is 20.8 Å². The normalized spacial score (nSPS) is 16.1. The number of fused-ring (bicyclic) bond motifs is 1. The predicted molar refractivity (Wildman–Crippen MR) is 103 cm³/mol. The van der Waals surface area contributed by atoms with Crippen LogP contribution in [0.25, 0.3) is 11.0 Å². The van der Waals surface area contributed by atoms with Crippen molar-refractivity contribution in [1.29, 1.82) is 0 Å². The first-order chi connectivity index (χ1) is 12.5. The van der Waals surface area contributed by atoms with E-state index in [1.165, 1.54) is 13.0 Å². The lowest BCUT2D eigenvalue weighted by atomic mass is 10.2. The molecule has 0 saturated carbocycles. The number of nitrogens with one attached hydrogen (secondary N) is 1. The first-order valence-corrected chi connectivity index (χ1v) is 8.84. The number of anilines is 1. The number of benzene rings is 1. The van der Waals surface area contributed by atoms with Crippen molar-refractivity contribution >= 4 is 28.3 Å². The molecule has 1 aliphatic heterocycles. The van der Waals surface area contributed by atoms with Crippen molar-refractivity contribution in [1.82, 2.24) is 9.80 Å². The molecular formula is C19H24N4O3. The molecule has 1 aromatic carbocycles. The van der Waals surface area contributed by atoms with Crippen LogP contribution in [0, 0.1) is 6.92 Å². The molecule has 1 fully saturated rings. The molecule has 0 unspecified atom stereocenters. The van der Waals surface area contributed by atoms with E-state index in [9.17, 15) is 9.59 Å². The van der Waals surface area contributed by atoms with Gasteiger partial charge in [-0.25, -0.2) is 0 Å². The van der Waals surface area contributed by atoms with Gasteiger partial charge in [0, 0.05) is 45.2 Å². The maximum absolute atomic E-state index is 12.0. The molecule has 1 aliphatic rings. The van der Waals surface area contributed by atoms with E-state index in [1.54, 1.807) is 25.1 Å². The number of nitrogens with zero attached hydrogens (tertiary/aromatic N) is 3. The molecule has 26 heavy (non-hydrogen) atoms. The number of hydrogen-bond acceptors (Lipinski definition) is 6. The second-order valence-electron chi connectivity index (χ2n) is 6.46. The topological polar surface area (TPSA) is 78.2 Å². The Kier molecular flexibility index (Phi) is 5.37. The summed E-state index contributed by atoms with van der Waals surface area (Å²) in [5, 5.41) is 4.85. The molecule has 0 aliphatic carbocycles. The zero-order valence-electron chi connectivity index (χ0n) is 15.4. The van der Waals surface area contributed by atoms with Crippen LogP contribution in [0.2, 0.25) is 0 Å². The predicted octanol–water partition coefficient (Wildman–Crippen LogP) is 2.05. The van der Waals surface area contributed by atoms with E-state index in [1.807, 2.05) is 4.90 Å². The molecule has 7 nitrogen and oxygen atoms in total. The van der Waals surface area contributed by atoms with E-state index in [-0.39, 0.29) is 11.2 Å². The highest BCUT2D eigenvalue weighted by Gasteiger charge is 2.21. The van der Waals surface area contributed by atoms with Crippen molar-refractivity contribution in [3.63, 3.8) is 0 Å². The van der Waals surface area contributed by atoms with E-state index in [0.29, 0.717) is 28.3 Å². The monoisotopic (exact) mass is 356 g/mol. The number of aryl methyl sites for hydroxylation is 1. The van der Waals surface area contributed by atoms with E-state index in [0.717, 1.165) is 32.7 Å². The van der Waals surface area contributed by atoms with Crippen LogP contribution in [0.15, 0.2) is 38.6 Å². The summed E-state index contributed by atoms with van der Waals surface area (Å²) in [6, 6.07) is 6.65. The van der Waals surface area contributed by atoms with Gasteiger partial charge in [-0.05, 0) is 25.6 Å². The van der Waals surface area contributed by atoms with Crippen LogP contribution in [0.1, 0.15) is 19.6 Å². The van der Waals surface area contributed by atoms with Crippen LogP contribution in [0.3, 0.4) is 0 Å². The Balaban J connectivity index is 1.81. The number of hydrogen-bond donors (Lipinski definition) is 1. The fourth-order valence-electron chi connectivity index (χ4n) is 3.11. The quantitative estimate of drug-likeness (QED) is 0.513. The summed E-state index contributed by atoms with van der Waals surface area (Å²) in [4.78, 5) is 28.3. The van der Waals surface area contributed by atoms with E-state index < -0.39 is 0 Å². The van der Waals surface area contributed by atoms with Gasteiger partial charge >= 0.3 is 0 Å². The second-order valence-corrected chi connectivity index (χ2v) is 6.46. The van der Waals surface area contributed by atoms with E-state index >= 15 is 0 Å². The molecule has 1 aromatic heterocycles. The van der Waals surface area contributed by atoms with Gasteiger partial charge in [0.2, 0.25) is 0 Å². The van der Waals surface area contributed by atoms with Gasteiger partial charge in [0.25, 0.3) is 0 Å². The fourth-order valence-corrected chi connectivity index (χ4v) is 3.11.